The quantitative estimate of drug-likeness (QED) is 0.556. The van der Waals surface area contributed by atoms with E-state index in [9.17, 15) is 0 Å². The van der Waals surface area contributed by atoms with E-state index in [2.05, 4.69) is 0 Å². The lowest BCUT2D eigenvalue weighted by Crippen LogP contribution is -2.08. The normalized spacial score (nSPS) is 12.7. The molecule has 0 amide bonds. The van der Waals surface area contributed by atoms with Crippen LogP contribution in [-0.2, 0) is 9.47 Å². The first-order chi connectivity index (χ1) is 6.88. The van der Waals surface area contributed by atoms with Gasteiger partial charge in [-0.05, 0) is 6.42 Å². The summed E-state index contributed by atoms with van der Waals surface area (Å²) in [7, 11) is 1.61. The standard InChI is InChI=1S/C11H16O3/c1-13-11(14-9-5-8-12)10-6-3-2-4-7-10/h2-4,6-7,11-12H,5,8-9H2,1H3. The molecule has 1 N–H and O–H groups in total. The zero-order chi connectivity index (χ0) is 10.2. The van der Waals surface area contributed by atoms with Crippen LogP contribution in [-0.4, -0.2) is 25.4 Å². The number of ether oxygens (including phenoxy) is 2. The fraction of sp³-hybridized carbons (Fsp3) is 0.455. The fourth-order valence-electron chi connectivity index (χ4n) is 1.17. The third-order valence-electron chi connectivity index (χ3n) is 1.86. The molecule has 0 aliphatic heterocycles. The van der Waals surface area contributed by atoms with Crippen LogP contribution in [0.5, 0.6) is 0 Å². The average molecular weight is 196 g/mol. The Labute approximate surface area is 84.3 Å². The first kappa shape index (κ1) is 11.2. The van der Waals surface area contributed by atoms with Crippen LogP contribution in [0.15, 0.2) is 30.3 Å². The van der Waals surface area contributed by atoms with Gasteiger partial charge in [0.05, 0.1) is 6.61 Å². The lowest BCUT2D eigenvalue weighted by atomic mass is 10.2. The van der Waals surface area contributed by atoms with Crippen LogP contribution in [0.2, 0.25) is 0 Å². The first-order valence-electron chi connectivity index (χ1n) is 4.68. The van der Waals surface area contributed by atoms with Gasteiger partial charge in [-0.3, -0.25) is 0 Å². The van der Waals surface area contributed by atoms with E-state index < -0.39 is 0 Å². The molecular weight excluding hydrogens is 180 g/mol. The number of methoxy groups -OCH3 is 1. The van der Waals surface area contributed by atoms with E-state index in [4.69, 9.17) is 14.6 Å². The van der Waals surface area contributed by atoms with E-state index in [1.54, 1.807) is 7.11 Å². The van der Waals surface area contributed by atoms with Gasteiger partial charge < -0.3 is 14.6 Å². The molecule has 0 fully saturated rings. The highest BCUT2D eigenvalue weighted by molar-refractivity contribution is 5.15. The SMILES string of the molecule is COC(OCCCO)c1ccccc1. The van der Waals surface area contributed by atoms with Crippen LogP contribution in [0.1, 0.15) is 18.3 Å². The van der Waals surface area contributed by atoms with Crippen molar-refractivity contribution < 1.29 is 14.6 Å². The second-order valence-electron chi connectivity index (χ2n) is 2.93. The zero-order valence-corrected chi connectivity index (χ0v) is 8.35. The van der Waals surface area contributed by atoms with Crippen LogP contribution < -0.4 is 0 Å². The second-order valence-corrected chi connectivity index (χ2v) is 2.93. The smallest absolute Gasteiger partial charge is 0.183 e. The summed E-state index contributed by atoms with van der Waals surface area (Å²) in [6.07, 6.45) is 0.301. The van der Waals surface area contributed by atoms with E-state index in [-0.39, 0.29) is 12.9 Å². The van der Waals surface area contributed by atoms with Crippen molar-refractivity contribution in [3.8, 4) is 0 Å². The molecule has 0 radical (unpaired) electrons. The summed E-state index contributed by atoms with van der Waals surface area (Å²) in [5.41, 5.74) is 0.993. The van der Waals surface area contributed by atoms with Crippen molar-refractivity contribution >= 4 is 0 Å². The van der Waals surface area contributed by atoms with Crippen LogP contribution in [0, 0.1) is 0 Å². The van der Waals surface area contributed by atoms with Gasteiger partial charge in [-0.1, -0.05) is 30.3 Å². The molecule has 0 heterocycles. The van der Waals surface area contributed by atoms with Gasteiger partial charge in [-0.25, -0.2) is 0 Å². The molecule has 1 unspecified atom stereocenters. The van der Waals surface area contributed by atoms with Crippen LogP contribution in [0.3, 0.4) is 0 Å². The molecule has 0 aliphatic rings. The van der Waals surface area contributed by atoms with E-state index in [1.807, 2.05) is 30.3 Å². The summed E-state index contributed by atoms with van der Waals surface area (Å²) in [6.45, 7) is 0.648. The van der Waals surface area contributed by atoms with Gasteiger partial charge in [0.15, 0.2) is 6.29 Å². The summed E-state index contributed by atoms with van der Waals surface area (Å²) in [6, 6.07) is 9.73. The number of hydrogen-bond acceptors (Lipinski definition) is 3. The molecule has 0 aromatic heterocycles. The molecule has 0 aliphatic carbocycles. The summed E-state index contributed by atoms with van der Waals surface area (Å²) >= 11 is 0. The summed E-state index contributed by atoms with van der Waals surface area (Å²) in [4.78, 5) is 0. The predicted octanol–water partition coefficient (Wildman–Crippen LogP) is 1.73. The Morgan fingerprint density at radius 2 is 2.00 bits per heavy atom. The molecule has 3 nitrogen and oxygen atoms in total. The molecule has 0 spiro atoms. The Balaban J connectivity index is 2.46. The topological polar surface area (TPSA) is 38.7 Å². The molecular formula is C11H16O3. The minimum atomic E-state index is -0.331. The summed E-state index contributed by atoms with van der Waals surface area (Å²) < 4.78 is 10.6. The summed E-state index contributed by atoms with van der Waals surface area (Å²) in [5.74, 6) is 0. The van der Waals surface area contributed by atoms with E-state index in [0.29, 0.717) is 13.0 Å². The van der Waals surface area contributed by atoms with E-state index in [1.165, 1.54) is 0 Å². The van der Waals surface area contributed by atoms with Gasteiger partial charge in [0, 0.05) is 19.3 Å². The van der Waals surface area contributed by atoms with Crippen LogP contribution in [0.4, 0.5) is 0 Å². The zero-order valence-electron chi connectivity index (χ0n) is 8.35. The second kappa shape index (κ2) is 6.54. The Morgan fingerprint density at radius 1 is 1.29 bits per heavy atom. The summed E-state index contributed by atoms with van der Waals surface area (Å²) in [5, 5.41) is 8.60. The van der Waals surface area contributed by atoms with E-state index >= 15 is 0 Å². The number of benzene rings is 1. The van der Waals surface area contributed by atoms with Gasteiger partial charge in [0.1, 0.15) is 0 Å². The molecule has 1 aromatic carbocycles. The number of aliphatic hydroxyl groups excluding tert-OH is 1. The highest BCUT2D eigenvalue weighted by atomic mass is 16.7. The van der Waals surface area contributed by atoms with Gasteiger partial charge >= 0.3 is 0 Å². The minimum absolute atomic E-state index is 0.144. The van der Waals surface area contributed by atoms with Gasteiger partial charge in [-0.15, -0.1) is 0 Å². The molecule has 1 aromatic rings. The highest BCUT2D eigenvalue weighted by Crippen LogP contribution is 2.17. The molecule has 0 saturated carbocycles. The minimum Gasteiger partial charge on any atom is -0.396 e. The monoisotopic (exact) mass is 196 g/mol. The third kappa shape index (κ3) is 3.46. The van der Waals surface area contributed by atoms with Crippen molar-refractivity contribution in [1.29, 1.82) is 0 Å². The molecule has 3 heteroatoms. The van der Waals surface area contributed by atoms with Crippen molar-refractivity contribution in [3.05, 3.63) is 35.9 Å². The van der Waals surface area contributed by atoms with Crippen molar-refractivity contribution in [2.24, 2.45) is 0 Å². The Hall–Kier alpha value is -0.900. The van der Waals surface area contributed by atoms with Crippen molar-refractivity contribution in [3.63, 3.8) is 0 Å². The first-order valence-corrected chi connectivity index (χ1v) is 4.68. The van der Waals surface area contributed by atoms with Crippen molar-refractivity contribution in [2.75, 3.05) is 20.3 Å². The van der Waals surface area contributed by atoms with Gasteiger partial charge in [-0.2, -0.15) is 0 Å². The maximum atomic E-state index is 8.60. The van der Waals surface area contributed by atoms with Crippen LogP contribution >= 0.6 is 0 Å². The number of hydrogen-bond donors (Lipinski definition) is 1. The predicted molar refractivity (Wildman–Crippen MR) is 53.8 cm³/mol. The lowest BCUT2D eigenvalue weighted by molar-refractivity contribution is -0.129. The van der Waals surface area contributed by atoms with Crippen LogP contribution in [0.25, 0.3) is 0 Å². The average Bonchev–Trinajstić information content (AvgIpc) is 2.26. The third-order valence-corrected chi connectivity index (χ3v) is 1.86. The maximum absolute atomic E-state index is 8.60. The molecule has 14 heavy (non-hydrogen) atoms. The molecule has 0 saturated heterocycles. The van der Waals surface area contributed by atoms with Crippen molar-refractivity contribution in [2.45, 2.75) is 12.7 Å². The Kier molecular flexibility index (Phi) is 5.22. The fourth-order valence-corrected chi connectivity index (χ4v) is 1.17. The molecule has 78 valence electrons. The van der Waals surface area contributed by atoms with Gasteiger partial charge in [0.2, 0.25) is 0 Å². The Bertz CT molecular complexity index is 236. The largest absolute Gasteiger partial charge is 0.396 e. The maximum Gasteiger partial charge on any atom is 0.183 e. The number of aliphatic hydroxyl groups is 1. The molecule has 1 rings (SSSR count). The van der Waals surface area contributed by atoms with E-state index in [0.717, 1.165) is 5.56 Å². The van der Waals surface area contributed by atoms with Gasteiger partial charge in [0.25, 0.3) is 0 Å². The number of rotatable bonds is 6. The highest BCUT2D eigenvalue weighted by Gasteiger charge is 2.08. The molecule has 0 bridgehead atoms. The van der Waals surface area contributed by atoms with Crippen molar-refractivity contribution in [1.82, 2.24) is 0 Å². The molecule has 1 atom stereocenters. The Morgan fingerprint density at radius 3 is 2.57 bits per heavy atom. The lowest BCUT2D eigenvalue weighted by Gasteiger charge is -2.15.